The number of esters is 1. The van der Waals surface area contributed by atoms with Crippen LogP contribution in [0, 0.1) is 0 Å². The van der Waals surface area contributed by atoms with E-state index in [1.54, 1.807) is 11.3 Å². The van der Waals surface area contributed by atoms with Gasteiger partial charge >= 0.3 is 5.97 Å². The fraction of sp³-hybridized carbons (Fsp3) is 0.478. The number of likely N-dealkylation sites (tertiary alicyclic amines) is 1. The summed E-state index contributed by atoms with van der Waals surface area (Å²) in [5.41, 5.74) is 1.61. The van der Waals surface area contributed by atoms with Crippen molar-refractivity contribution in [1.29, 1.82) is 0 Å². The van der Waals surface area contributed by atoms with Crippen molar-refractivity contribution in [3.63, 3.8) is 0 Å². The Morgan fingerprint density at radius 1 is 1.14 bits per heavy atom. The van der Waals surface area contributed by atoms with E-state index in [4.69, 9.17) is 4.74 Å². The Balaban J connectivity index is 1.78. The molecule has 1 fully saturated rings. The monoisotopic (exact) mass is 399 g/mol. The molecule has 1 aromatic heterocycles. The summed E-state index contributed by atoms with van der Waals surface area (Å²) in [5, 5.41) is 0. The van der Waals surface area contributed by atoms with E-state index in [0.29, 0.717) is 25.9 Å². The minimum absolute atomic E-state index is 0.0913. The second-order valence-electron chi connectivity index (χ2n) is 7.39. The lowest BCUT2D eigenvalue weighted by Crippen LogP contribution is -2.49. The van der Waals surface area contributed by atoms with E-state index < -0.39 is 5.41 Å². The second kappa shape index (κ2) is 8.91. The van der Waals surface area contributed by atoms with Gasteiger partial charge in [0.15, 0.2) is 0 Å². The molecule has 0 radical (unpaired) electrons. The highest BCUT2D eigenvalue weighted by molar-refractivity contribution is 7.14. The molecule has 1 saturated heterocycles. The average Bonchev–Trinajstić information content (AvgIpc) is 3.16. The van der Waals surface area contributed by atoms with Crippen molar-refractivity contribution in [2.75, 3.05) is 20.2 Å². The number of ether oxygens (including phenoxy) is 1. The highest BCUT2D eigenvalue weighted by atomic mass is 32.1. The first kappa shape index (κ1) is 20.6. The fourth-order valence-corrected chi connectivity index (χ4v) is 5.44. The maximum Gasteiger partial charge on any atom is 0.316 e. The lowest BCUT2D eigenvalue weighted by atomic mass is 9.72. The normalized spacial score (nSPS) is 16.0. The van der Waals surface area contributed by atoms with E-state index in [-0.39, 0.29) is 11.9 Å². The van der Waals surface area contributed by atoms with Gasteiger partial charge in [-0.25, -0.2) is 0 Å². The van der Waals surface area contributed by atoms with Gasteiger partial charge in [0.25, 0.3) is 5.91 Å². The third kappa shape index (κ3) is 3.86. The standard InChI is InChI=1S/C23H29NO3S/c1-4-9-19-17(5-2)16-20(28-19)21(25)24-14-12-23(13-15-24,22(26)27-3)18-10-7-6-8-11-18/h6-8,10-11,16H,4-5,9,12-15H2,1-3H3. The van der Waals surface area contributed by atoms with Gasteiger partial charge in [-0.1, -0.05) is 50.6 Å². The van der Waals surface area contributed by atoms with Gasteiger partial charge in [-0.3, -0.25) is 9.59 Å². The van der Waals surface area contributed by atoms with Crippen molar-refractivity contribution < 1.29 is 14.3 Å². The highest BCUT2D eigenvalue weighted by Gasteiger charge is 2.44. The maximum atomic E-state index is 13.1. The molecule has 1 aliphatic rings. The number of aryl methyl sites for hydroxylation is 2. The van der Waals surface area contributed by atoms with Gasteiger partial charge in [-0.2, -0.15) is 0 Å². The van der Waals surface area contributed by atoms with Crippen LogP contribution in [0.25, 0.3) is 0 Å². The van der Waals surface area contributed by atoms with Crippen molar-refractivity contribution in [3.05, 3.63) is 57.3 Å². The van der Waals surface area contributed by atoms with Crippen LogP contribution in [0.15, 0.2) is 36.4 Å². The van der Waals surface area contributed by atoms with Crippen molar-refractivity contribution in [1.82, 2.24) is 4.90 Å². The molecule has 5 heteroatoms. The molecule has 1 amide bonds. The molecule has 2 heterocycles. The first-order valence-electron chi connectivity index (χ1n) is 10.1. The number of benzene rings is 1. The summed E-state index contributed by atoms with van der Waals surface area (Å²) in [6.07, 6.45) is 4.25. The molecule has 28 heavy (non-hydrogen) atoms. The third-order valence-electron chi connectivity index (χ3n) is 5.77. The number of rotatable bonds is 6. The molecule has 0 atom stereocenters. The second-order valence-corrected chi connectivity index (χ2v) is 8.53. The smallest absolute Gasteiger partial charge is 0.316 e. The summed E-state index contributed by atoms with van der Waals surface area (Å²) in [7, 11) is 1.44. The first-order chi connectivity index (χ1) is 13.6. The largest absolute Gasteiger partial charge is 0.468 e. The van der Waals surface area contributed by atoms with Crippen molar-refractivity contribution in [3.8, 4) is 0 Å². The Morgan fingerprint density at radius 3 is 2.39 bits per heavy atom. The topological polar surface area (TPSA) is 46.6 Å². The molecule has 1 aliphatic heterocycles. The number of nitrogens with zero attached hydrogens (tertiary/aromatic N) is 1. The molecule has 4 nitrogen and oxygen atoms in total. The highest BCUT2D eigenvalue weighted by Crippen LogP contribution is 2.37. The first-order valence-corrected chi connectivity index (χ1v) is 10.9. The summed E-state index contributed by atoms with van der Waals surface area (Å²) < 4.78 is 5.15. The van der Waals surface area contributed by atoms with E-state index in [1.807, 2.05) is 35.2 Å². The van der Waals surface area contributed by atoms with Crippen molar-refractivity contribution in [2.24, 2.45) is 0 Å². The summed E-state index contributed by atoms with van der Waals surface area (Å²) in [6, 6.07) is 11.9. The molecule has 1 aromatic carbocycles. The van der Waals surface area contributed by atoms with Crippen LogP contribution < -0.4 is 0 Å². The summed E-state index contributed by atoms with van der Waals surface area (Å²) in [5.74, 6) is -0.117. The van der Waals surface area contributed by atoms with Crippen LogP contribution >= 0.6 is 11.3 Å². The van der Waals surface area contributed by atoms with Crippen LogP contribution in [0.2, 0.25) is 0 Å². The molecule has 150 valence electrons. The number of piperidine rings is 1. The predicted molar refractivity (Wildman–Crippen MR) is 113 cm³/mol. The number of hydrogen-bond donors (Lipinski definition) is 0. The Hall–Kier alpha value is -2.14. The Morgan fingerprint density at radius 2 is 1.82 bits per heavy atom. The molecule has 0 spiro atoms. The summed E-state index contributed by atoms with van der Waals surface area (Å²) in [6.45, 7) is 5.43. The van der Waals surface area contributed by atoms with Crippen LogP contribution in [0.5, 0.6) is 0 Å². The Kier molecular flexibility index (Phi) is 6.55. The quantitative estimate of drug-likeness (QED) is 0.667. The van der Waals surface area contributed by atoms with E-state index in [0.717, 1.165) is 29.7 Å². The van der Waals surface area contributed by atoms with Gasteiger partial charge in [-0.15, -0.1) is 11.3 Å². The molecule has 0 bridgehead atoms. The van der Waals surface area contributed by atoms with Crippen LogP contribution in [0.3, 0.4) is 0 Å². The average molecular weight is 400 g/mol. The third-order valence-corrected chi connectivity index (χ3v) is 7.00. The van der Waals surface area contributed by atoms with Crippen LogP contribution in [-0.2, 0) is 27.8 Å². The van der Waals surface area contributed by atoms with E-state index in [1.165, 1.54) is 17.6 Å². The molecule has 0 N–H and O–H groups in total. The van der Waals surface area contributed by atoms with E-state index in [2.05, 4.69) is 19.9 Å². The SMILES string of the molecule is CCCc1sc(C(=O)N2CCC(C(=O)OC)(c3ccccc3)CC2)cc1CC. The lowest BCUT2D eigenvalue weighted by molar-refractivity contribution is -0.149. The lowest BCUT2D eigenvalue weighted by Gasteiger charge is -2.40. The van der Waals surface area contributed by atoms with Gasteiger partial charge in [0, 0.05) is 18.0 Å². The molecular formula is C23H29NO3S. The number of hydrogen-bond acceptors (Lipinski definition) is 4. The van der Waals surface area contributed by atoms with Gasteiger partial charge in [0.05, 0.1) is 17.4 Å². The number of carbonyl (C=O) groups is 2. The summed E-state index contributed by atoms with van der Waals surface area (Å²) in [4.78, 5) is 29.8. The molecule has 3 rings (SSSR count). The van der Waals surface area contributed by atoms with Gasteiger partial charge in [-0.05, 0) is 42.9 Å². The van der Waals surface area contributed by atoms with Gasteiger partial charge < -0.3 is 9.64 Å². The summed E-state index contributed by atoms with van der Waals surface area (Å²) >= 11 is 1.63. The van der Waals surface area contributed by atoms with E-state index >= 15 is 0 Å². The Labute approximate surface area is 171 Å². The molecule has 0 saturated carbocycles. The number of methoxy groups -OCH3 is 1. The number of amides is 1. The molecule has 0 unspecified atom stereocenters. The zero-order chi connectivity index (χ0) is 20.1. The van der Waals surface area contributed by atoms with Crippen molar-refractivity contribution >= 4 is 23.2 Å². The zero-order valence-electron chi connectivity index (χ0n) is 17.0. The minimum Gasteiger partial charge on any atom is -0.468 e. The van der Waals surface area contributed by atoms with Gasteiger partial charge in [0.2, 0.25) is 0 Å². The van der Waals surface area contributed by atoms with Crippen LogP contribution in [-0.4, -0.2) is 37.0 Å². The fourth-order valence-electron chi connectivity index (χ4n) is 4.12. The zero-order valence-corrected chi connectivity index (χ0v) is 17.8. The minimum atomic E-state index is -0.663. The predicted octanol–water partition coefficient (Wildman–Crippen LogP) is 4.61. The Bertz CT molecular complexity index is 820. The van der Waals surface area contributed by atoms with Crippen LogP contribution in [0.1, 0.15) is 58.8 Å². The number of thiophene rings is 1. The maximum absolute atomic E-state index is 13.1. The van der Waals surface area contributed by atoms with Gasteiger partial charge in [0.1, 0.15) is 0 Å². The molecular weight excluding hydrogens is 370 g/mol. The number of carbonyl (C=O) groups excluding carboxylic acids is 2. The molecule has 2 aromatic rings. The molecule has 0 aliphatic carbocycles. The van der Waals surface area contributed by atoms with Crippen molar-refractivity contribution in [2.45, 2.75) is 51.4 Å². The van der Waals surface area contributed by atoms with Crippen LogP contribution in [0.4, 0.5) is 0 Å². The van der Waals surface area contributed by atoms with E-state index in [9.17, 15) is 9.59 Å².